The fraction of sp³-hybridized carbons (Fsp3) is 0.0909. The summed E-state index contributed by atoms with van der Waals surface area (Å²) in [6, 6.07) is 7.71. The van der Waals surface area contributed by atoms with Crippen molar-refractivity contribution in [2.45, 2.75) is 6.92 Å². The molecule has 1 aromatic heterocycles. The van der Waals surface area contributed by atoms with E-state index in [1.165, 1.54) is 6.20 Å². The van der Waals surface area contributed by atoms with Crippen molar-refractivity contribution >= 4 is 5.69 Å². The number of nitrogens with zero attached hydrogens (tertiary/aromatic N) is 1. The van der Waals surface area contributed by atoms with Crippen LogP contribution < -0.4 is 11.3 Å². The van der Waals surface area contributed by atoms with Crippen molar-refractivity contribution in [3.05, 3.63) is 46.4 Å². The number of nitrogens with two attached hydrogens (primary N) is 1. The number of nitrogen functional groups attached to an aromatic ring is 1. The van der Waals surface area contributed by atoms with Crippen molar-refractivity contribution < 1.29 is 0 Å². The lowest BCUT2D eigenvalue weighted by atomic mass is 10.1. The lowest BCUT2D eigenvalue weighted by molar-refractivity contribution is 1.13. The molecule has 4 heteroatoms. The molecule has 76 valence electrons. The number of rotatable bonds is 1. The monoisotopic (exact) mass is 201 g/mol. The number of hydrogen-bond donors (Lipinski definition) is 2. The molecule has 2 rings (SSSR count). The normalized spacial score (nSPS) is 10.2. The van der Waals surface area contributed by atoms with Crippen LogP contribution in [-0.4, -0.2) is 9.97 Å². The summed E-state index contributed by atoms with van der Waals surface area (Å²) in [6.45, 7) is 1.96. The lowest BCUT2D eigenvalue weighted by Crippen LogP contribution is -2.13. The van der Waals surface area contributed by atoms with Gasteiger partial charge in [-0.2, -0.15) is 0 Å². The summed E-state index contributed by atoms with van der Waals surface area (Å²) in [5.41, 5.74) is 7.20. The molecule has 4 nitrogen and oxygen atoms in total. The molecular weight excluding hydrogens is 190 g/mol. The van der Waals surface area contributed by atoms with E-state index < -0.39 is 0 Å². The van der Waals surface area contributed by atoms with Crippen LogP contribution in [0.1, 0.15) is 5.56 Å². The van der Waals surface area contributed by atoms with E-state index in [0.29, 0.717) is 5.82 Å². The maximum absolute atomic E-state index is 11.3. The second kappa shape index (κ2) is 3.57. The SMILES string of the molecule is Cc1ccccc1-c1ncc(N)c(=O)[nH]1. The summed E-state index contributed by atoms with van der Waals surface area (Å²) in [6.07, 6.45) is 1.38. The summed E-state index contributed by atoms with van der Waals surface area (Å²) in [5.74, 6) is 0.548. The minimum absolute atomic E-state index is 0.132. The first-order chi connectivity index (χ1) is 7.18. The van der Waals surface area contributed by atoms with E-state index in [4.69, 9.17) is 5.73 Å². The van der Waals surface area contributed by atoms with Crippen LogP contribution in [0.5, 0.6) is 0 Å². The van der Waals surface area contributed by atoms with Gasteiger partial charge >= 0.3 is 0 Å². The molecule has 0 fully saturated rings. The molecule has 3 N–H and O–H groups in total. The number of aromatic nitrogens is 2. The Bertz CT molecular complexity index is 546. The Balaban J connectivity index is 2.60. The Hall–Kier alpha value is -2.10. The van der Waals surface area contributed by atoms with Crippen LogP contribution in [0.25, 0.3) is 11.4 Å². The largest absolute Gasteiger partial charge is 0.393 e. The highest BCUT2D eigenvalue weighted by molar-refractivity contribution is 5.59. The van der Waals surface area contributed by atoms with Gasteiger partial charge in [0.25, 0.3) is 5.56 Å². The highest BCUT2D eigenvalue weighted by Crippen LogP contribution is 2.17. The lowest BCUT2D eigenvalue weighted by Gasteiger charge is -2.04. The third kappa shape index (κ3) is 1.74. The van der Waals surface area contributed by atoms with E-state index in [9.17, 15) is 4.79 Å². The van der Waals surface area contributed by atoms with Crippen LogP contribution in [0.2, 0.25) is 0 Å². The number of benzene rings is 1. The van der Waals surface area contributed by atoms with Crippen LogP contribution in [-0.2, 0) is 0 Å². The van der Waals surface area contributed by atoms with Gasteiger partial charge in [-0.15, -0.1) is 0 Å². The molecular formula is C11H11N3O. The predicted molar refractivity (Wildman–Crippen MR) is 59.4 cm³/mol. The maximum Gasteiger partial charge on any atom is 0.274 e. The van der Waals surface area contributed by atoms with Gasteiger partial charge < -0.3 is 10.7 Å². The van der Waals surface area contributed by atoms with Gasteiger partial charge in [0.15, 0.2) is 0 Å². The Morgan fingerprint density at radius 3 is 2.73 bits per heavy atom. The summed E-state index contributed by atoms with van der Waals surface area (Å²) in [4.78, 5) is 18.0. The molecule has 0 spiro atoms. The van der Waals surface area contributed by atoms with E-state index in [1.54, 1.807) is 0 Å². The van der Waals surface area contributed by atoms with E-state index >= 15 is 0 Å². The minimum Gasteiger partial charge on any atom is -0.393 e. The number of hydrogen-bond acceptors (Lipinski definition) is 3. The van der Waals surface area contributed by atoms with E-state index in [0.717, 1.165) is 11.1 Å². The van der Waals surface area contributed by atoms with E-state index in [2.05, 4.69) is 9.97 Å². The fourth-order valence-corrected chi connectivity index (χ4v) is 1.38. The number of anilines is 1. The van der Waals surface area contributed by atoms with Gasteiger partial charge in [-0.25, -0.2) is 4.98 Å². The number of aryl methyl sites for hydroxylation is 1. The summed E-state index contributed by atoms with van der Waals surface area (Å²) in [5, 5.41) is 0. The Morgan fingerprint density at radius 2 is 2.07 bits per heavy atom. The summed E-state index contributed by atoms with van der Waals surface area (Å²) >= 11 is 0. The molecule has 1 heterocycles. The Morgan fingerprint density at radius 1 is 1.33 bits per heavy atom. The van der Waals surface area contributed by atoms with E-state index in [-0.39, 0.29) is 11.2 Å². The third-order valence-corrected chi connectivity index (χ3v) is 2.23. The average molecular weight is 201 g/mol. The zero-order chi connectivity index (χ0) is 10.8. The highest BCUT2D eigenvalue weighted by atomic mass is 16.1. The standard InChI is InChI=1S/C11H11N3O/c1-7-4-2-3-5-8(7)10-13-6-9(12)11(15)14-10/h2-6H,12H2,1H3,(H,13,14,15). The van der Waals surface area contributed by atoms with Crippen LogP contribution in [0, 0.1) is 6.92 Å². The summed E-state index contributed by atoms with van der Waals surface area (Å²) < 4.78 is 0. The second-order valence-electron chi connectivity index (χ2n) is 3.33. The first-order valence-corrected chi connectivity index (χ1v) is 4.59. The Labute approximate surface area is 86.8 Å². The molecule has 0 saturated heterocycles. The van der Waals surface area contributed by atoms with Crippen molar-refractivity contribution in [3.8, 4) is 11.4 Å². The van der Waals surface area contributed by atoms with Crippen molar-refractivity contribution in [1.29, 1.82) is 0 Å². The molecule has 0 bridgehead atoms. The van der Waals surface area contributed by atoms with Crippen LogP contribution in [0.15, 0.2) is 35.3 Å². The molecule has 15 heavy (non-hydrogen) atoms. The van der Waals surface area contributed by atoms with Crippen molar-refractivity contribution in [1.82, 2.24) is 9.97 Å². The molecule has 1 aromatic carbocycles. The molecule has 0 aliphatic rings. The van der Waals surface area contributed by atoms with Crippen LogP contribution in [0.3, 0.4) is 0 Å². The van der Waals surface area contributed by atoms with Crippen molar-refractivity contribution in [3.63, 3.8) is 0 Å². The van der Waals surface area contributed by atoms with Gasteiger partial charge in [0.2, 0.25) is 0 Å². The van der Waals surface area contributed by atoms with Gasteiger partial charge in [-0.05, 0) is 12.5 Å². The fourth-order valence-electron chi connectivity index (χ4n) is 1.38. The molecule has 2 aromatic rings. The first kappa shape index (κ1) is 9.45. The van der Waals surface area contributed by atoms with Crippen LogP contribution >= 0.6 is 0 Å². The zero-order valence-corrected chi connectivity index (χ0v) is 8.32. The predicted octanol–water partition coefficient (Wildman–Crippen LogP) is 1.33. The number of nitrogens with one attached hydrogen (secondary N) is 1. The number of aromatic amines is 1. The topological polar surface area (TPSA) is 71.8 Å². The summed E-state index contributed by atoms with van der Waals surface area (Å²) in [7, 11) is 0. The maximum atomic E-state index is 11.3. The van der Waals surface area contributed by atoms with Crippen LogP contribution in [0.4, 0.5) is 5.69 Å². The molecule has 0 atom stereocenters. The van der Waals surface area contributed by atoms with Gasteiger partial charge in [0, 0.05) is 5.56 Å². The minimum atomic E-state index is -0.303. The van der Waals surface area contributed by atoms with E-state index in [1.807, 2.05) is 31.2 Å². The average Bonchev–Trinajstić information content (AvgIpc) is 2.23. The molecule has 0 unspecified atom stereocenters. The zero-order valence-electron chi connectivity index (χ0n) is 8.32. The molecule has 0 saturated carbocycles. The van der Waals surface area contributed by atoms with Crippen molar-refractivity contribution in [2.24, 2.45) is 0 Å². The van der Waals surface area contributed by atoms with Gasteiger partial charge in [-0.1, -0.05) is 24.3 Å². The molecule has 0 aliphatic heterocycles. The Kier molecular flexibility index (Phi) is 2.25. The highest BCUT2D eigenvalue weighted by Gasteiger charge is 2.04. The smallest absolute Gasteiger partial charge is 0.274 e. The second-order valence-corrected chi connectivity index (χ2v) is 3.33. The molecule has 0 radical (unpaired) electrons. The first-order valence-electron chi connectivity index (χ1n) is 4.59. The number of H-pyrrole nitrogens is 1. The van der Waals surface area contributed by atoms with Gasteiger partial charge in [-0.3, -0.25) is 4.79 Å². The van der Waals surface area contributed by atoms with Gasteiger partial charge in [0.05, 0.1) is 6.20 Å². The quantitative estimate of drug-likeness (QED) is 0.731. The molecule has 0 amide bonds. The third-order valence-electron chi connectivity index (χ3n) is 2.23. The molecule has 0 aliphatic carbocycles. The van der Waals surface area contributed by atoms with Crippen molar-refractivity contribution in [2.75, 3.05) is 5.73 Å². The van der Waals surface area contributed by atoms with Gasteiger partial charge in [0.1, 0.15) is 11.5 Å².